The van der Waals surface area contributed by atoms with Crippen LogP contribution in [0, 0.1) is 11.3 Å². The maximum Gasteiger partial charge on any atom is 0.238 e. The van der Waals surface area contributed by atoms with Crippen molar-refractivity contribution in [3.8, 4) is 6.07 Å². The fourth-order valence-electron chi connectivity index (χ4n) is 1.39. The van der Waals surface area contributed by atoms with Crippen LogP contribution in [0.25, 0.3) is 0 Å². The van der Waals surface area contributed by atoms with Gasteiger partial charge in [0.15, 0.2) is 0 Å². The van der Waals surface area contributed by atoms with Gasteiger partial charge in [0.05, 0.1) is 15.8 Å². The smallest absolute Gasteiger partial charge is 0.238 e. The van der Waals surface area contributed by atoms with Crippen molar-refractivity contribution in [3.63, 3.8) is 0 Å². The first-order valence-corrected chi connectivity index (χ1v) is 7.81. The number of amides is 1. The van der Waals surface area contributed by atoms with Crippen LogP contribution >= 0.6 is 34.7 Å². The standard InChI is InChI=1S/C13H10ClN3OS2/c1-8(20-13-10(14)3-2-5-16-13)11(18)17-12-9(7-15)4-6-19-12/h2-6,8H,1H3,(H,17,18)/t8-/m0/s1. The van der Waals surface area contributed by atoms with Crippen LogP contribution in [-0.4, -0.2) is 16.1 Å². The summed E-state index contributed by atoms with van der Waals surface area (Å²) in [4.78, 5) is 16.2. The Balaban J connectivity index is 2.03. The van der Waals surface area contributed by atoms with E-state index in [0.29, 0.717) is 20.6 Å². The third-order valence-electron chi connectivity index (χ3n) is 2.40. The van der Waals surface area contributed by atoms with Crippen molar-refractivity contribution in [1.29, 1.82) is 5.26 Å². The van der Waals surface area contributed by atoms with Crippen LogP contribution in [0.15, 0.2) is 34.8 Å². The summed E-state index contributed by atoms with van der Waals surface area (Å²) in [5.41, 5.74) is 0.469. The summed E-state index contributed by atoms with van der Waals surface area (Å²) in [5, 5.41) is 14.8. The van der Waals surface area contributed by atoms with Gasteiger partial charge in [0.2, 0.25) is 5.91 Å². The number of aromatic nitrogens is 1. The number of carbonyl (C=O) groups excluding carboxylic acids is 1. The Morgan fingerprint density at radius 2 is 2.40 bits per heavy atom. The van der Waals surface area contributed by atoms with Gasteiger partial charge in [-0.15, -0.1) is 11.3 Å². The first-order chi connectivity index (χ1) is 9.61. The number of nitrogens with zero attached hydrogens (tertiary/aromatic N) is 2. The Bertz CT molecular complexity index is 666. The molecule has 7 heteroatoms. The number of anilines is 1. The number of halogens is 1. The van der Waals surface area contributed by atoms with Crippen molar-refractivity contribution in [2.24, 2.45) is 0 Å². The monoisotopic (exact) mass is 323 g/mol. The van der Waals surface area contributed by atoms with Gasteiger partial charge in [-0.3, -0.25) is 4.79 Å². The molecule has 2 aromatic heterocycles. The van der Waals surface area contributed by atoms with E-state index in [4.69, 9.17) is 16.9 Å². The van der Waals surface area contributed by atoms with Gasteiger partial charge in [0.1, 0.15) is 16.1 Å². The molecule has 2 aromatic rings. The molecular weight excluding hydrogens is 314 g/mol. The third kappa shape index (κ3) is 3.51. The number of nitriles is 1. The second kappa shape index (κ2) is 6.75. The van der Waals surface area contributed by atoms with E-state index in [9.17, 15) is 4.79 Å². The number of pyridine rings is 1. The predicted octanol–water partition coefficient (Wildman–Crippen LogP) is 3.79. The molecule has 0 aromatic carbocycles. The first-order valence-electron chi connectivity index (χ1n) is 5.67. The van der Waals surface area contributed by atoms with Crippen molar-refractivity contribution >= 4 is 45.6 Å². The lowest BCUT2D eigenvalue weighted by atomic mass is 10.3. The van der Waals surface area contributed by atoms with Crippen LogP contribution in [0.5, 0.6) is 0 Å². The summed E-state index contributed by atoms with van der Waals surface area (Å²) < 4.78 is 0. The number of hydrogen-bond donors (Lipinski definition) is 1. The molecule has 0 spiro atoms. The number of rotatable bonds is 4. The minimum absolute atomic E-state index is 0.185. The third-order valence-corrected chi connectivity index (χ3v) is 4.77. The van der Waals surface area contributed by atoms with E-state index < -0.39 is 0 Å². The molecule has 0 radical (unpaired) electrons. The van der Waals surface area contributed by atoms with Crippen molar-refractivity contribution in [1.82, 2.24) is 4.98 Å². The maximum absolute atomic E-state index is 12.1. The summed E-state index contributed by atoms with van der Waals surface area (Å²) in [6, 6.07) is 7.18. The van der Waals surface area contributed by atoms with Crippen LogP contribution in [0.4, 0.5) is 5.00 Å². The Kier molecular flexibility index (Phi) is 5.01. The topological polar surface area (TPSA) is 65.8 Å². The second-order valence-corrected chi connectivity index (χ2v) is 6.47. The molecule has 2 heterocycles. The molecule has 0 unspecified atom stereocenters. The highest BCUT2D eigenvalue weighted by molar-refractivity contribution is 8.00. The number of carbonyl (C=O) groups is 1. The zero-order valence-electron chi connectivity index (χ0n) is 10.5. The van der Waals surface area contributed by atoms with Gasteiger partial charge < -0.3 is 5.32 Å². The Hall–Kier alpha value is -1.55. The van der Waals surface area contributed by atoms with Gasteiger partial charge in [-0.05, 0) is 30.5 Å². The van der Waals surface area contributed by atoms with Crippen LogP contribution in [0.2, 0.25) is 5.02 Å². The van der Waals surface area contributed by atoms with E-state index in [2.05, 4.69) is 10.3 Å². The Labute approximate surface area is 129 Å². The lowest BCUT2D eigenvalue weighted by molar-refractivity contribution is -0.115. The molecule has 0 saturated heterocycles. The van der Waals surface area contributed by atoms with E-state index in [1.54, 1.807) is 36.7 Å². The molecule has 2 rings (SSSR count). The largest absolute Gasteiger partial charge is 0.316 e. The zero-order valence-corrected chi connectivity index (χ0v) is 12.9. The summed E-state index contributed by atoms with van der Waals surface area (Å²) in [7, 11) is 0. The van der Waals surface area contributed by atoms with Gasteiger partial charge in [-0.2, -0.15) is 5.26 Å². The highest BCUT2D eigenvalue weighted by Crippen LogP contribution is 2.29. The SMILES string of the molecule is C[C@H](Sc1ncccc1Cl)C(=O)Nc1sccc1C#N. The van der Waals surface area contributed by atoms with E-state index in [0.717, 1.165) is 0 Å². The van der Waals surface area contributed by atoms with Crippen molar-refractivity contribution in [3.05, 3.63) is 40.4 Å². The average molecular weight is 324 g/mol. The molecule has 20 heavy (non-hydrogen) atoms. The highest BCUT2D eigenvalue weighted by atomic mass is 35.5. The first kappa shape index (κ1) is 14.9. The molecule has 0 fully saturated rings. The second-order valence-electron chi connectivity index (χ2n) is 3.81. The minimum atomic E-state index is -0.365. The van der Waals surface area contributed by atoms with E-state index in [1.165, 1.54) is 23.1 Å². The quantitative estimate of drug-likeness (QED) is 0.869. The molecule has 0 aliphatic carbocycles. The lowest BCUT2D eigenvalue weighted by Crippen LogP contribution is -2.22. The van der Waals surface area contributed by atoms with E-state index >= 15 is 0 Å². The van der Waals surface area contributed by atoms with Gasteiger partial charge in [-0.1, -0.05) is 23.4 Å². The molecule has 1 amide bonds. The molecule has 0 aliphatic rings. The summed E-state index contributed by atoms with van der Waals surface area (Å²) in [6.45, 7) is 1.77. The van der Waals surface area contributed by atoms with Crippen LogP contribution in [0.1, 0.15) is 12.5 Å². The minimum Gasteiger partial charge on any atom is -0.316 e. The predicted molar refractivity (Wildman–Crippen MR) is 82.2 cm³/mol. The highest BCUT2D eigenvalue weighted by Gasteiger charge is 2.18. The molecule has 0 aliphatic heterocycles. The van der Waals surface area contributed by atoms with Crippen LogP contribution in [0.3, 0.4) is 0 Å². The van der Waals surface area contributed by atoms with Crippen molar-refractivity contribution in [2.75, 3.05) is 5.32 Å². The van der Waals surface area contributed by atoms with Gasteiger partial charge in [0, 0.05) is 6.20 Å². The van der Waals surface area contributed by atoms with Gasteiger partial charge in [0.25, 0.3) is 0 Å². The fraction of sp³-hybridized carbons (Fsp3) is 0.154. The normalized spacial score (nSPS) is 11.7. The van der Waals surface area contributed by atoms with Crippen molar-refractivity contribution in [2.45, 2.75) is 17.2 Å². The van der Waals surface area contributed by atoms with Crippen molar-refractivity contribution < 1.29 is 4.79 Å². The molecule has 1 atom stereocenters. The Morgan fingerprint density at radius 1 is 1.60 bits per heavy atom. The molecular formula is C13H10ClN3OS2. The summed E-state index contributed by atoms with van der Waals surface area (Å²) in [6.07, 6.45) is 1.63. The number of thiophene rings is 1. The molecule has 0 bridgehead atoms. The molecule has 4 nitrogen and oxygen atoms in total. The molecule has 1 N–H and O–H groups in total. The lowest BCUT2D eigenvalue weighted by Gasteiger charge is -2.11. The van der Waals surface area contributed by atoms with E-state index in [-0.39, 0.29) is 11.2 Å². The van der Waals surface area contributed by atoms with Gasteiger partial charge in [-0.25, -0.2) is 4.98 Å². The number of nitrogens with one attached hydrogen (secondary N) is 1. The fourth-order valence-corrected chi connectivity index (χ4v) is 3.19. The van der Waals surface area contributed by atoms with Gasteiger partial charge >= 0.3 is 0 Å². The molecule has 102 valence electrons. The average Bonchev–Trinajstić information content (AvgIpc) is 2.88. The zero-order chi connectivity index (χ0) is 14.5. The van der Waals surface area contributed by atoms with E-state index in [1.807, 2.05) is 6.07 Å². The number of hydrogen-bond acceptors (Lipinski definition) is 5. The van der Waals surface area contributed by atoms with Crippen LogP contribution in [-0.2, 0) is 4.79 Å². The molecule has 0 saturated carbocycles. The maximum atomic E-state index is 12.1. The summed E-state index contributed by atoms with van der Waals surface area (Å²) in [5.74, 6) is -0.185. The number of thioether (sulfide) groups is 1. The Morgan fingerprint density at radius 3 is 3.10 bits per heavy atom. The van der Waals surface area contributed by atoms with Crippen LogP contribution < -0.4 is 5.32 Å². The summed E-state index contributed by atoms with van der Waals surface area (Å²) >= 11 is 8.61.